The van der Waals surface area contributed by atoms with Crippen molar-refractivity contribution >= 4 is 31.0 Å². The molecule has 0 aliphatic rings. The van der Waals surface area contributed by atoms with Gasteiger partial charge in [0.25, 0.3) is 0 Å². The Morgan fingerprint density at radius 3 is 2.56 bits per heavy atom. The van der Waals surface area contributed by atoms with E-state index in [-0.39, 0.29) is 14.1 Å². The Hall–Kier alpha value is -1.37. The predicted molar refractivity (Wildman–Crippen MR) is 118 cm³/mol. The summed E-state index contributed by atoms with van der Waals surface area (Å²) in [5, 5.41) is 1.58. The fraction of sp³-hybridized carbons (Fsp3) is 0.435. The second-order valence-corrected chi connectivity index (χ2v) is 8.74. The van der Waals surface area contributed by atoms with Crippen molar-refractivity contribution in [1.29, 1.82) is 0 Å². The van der Waals surface area contributed by atoms with Gasteiger partial charge in [0.15, 0.2) is 5.52 Å². The summed E-state index contributed by atoms with van der Waals surface area (Å²) in [5.74, 6) is 1.49. The number of unbranched alkanes of at least 4 members (excludes halogenated alkanes) is 1. The second-order valence-electron chi connectivity index (χ2n) is 7.09. The fourth-order valence-electron chi connectivity index (χ4n) is 3.08. The van der Waals surface area contributed by atoms with Crippen LogP contribution in [0.2, 0.25) is 5.02 Å². The van der Waals surface area contributed by atoms with E-state index in [1.807, 2.05) is 44.2 Å². The molecular weight excluding hydrogens is 375 g/mol. The van der Waals surface area contributed by atoms with Crippen LogP contribution in [0.5, 0.6) is 5.75 Å². The number of carbonyl (C=O) groups excluding carboxylic acids is 1. The van der Waals surface area contributed by atoms with E-state index in [2.05, 4.69) is 13.8 Å². The van der Waals surface area contributed by atoms with Crippen LogP contribution in [-0.2, 0) is 0 Å². The molecule has 0 N–H and O–H groups in total. The van der Waals surface area contributed by atoms with Crippen molar-refractivity contribution < 1.29 is 9.53 Å². The van der Waals surface area contributed by atoms with Crippen LogP contribution in [0.4, 0.5) is 0 Å². The fourth-order valence-corrected chi connectivity index (χ4v) is 4.61. The topological polar surface area (TPSA) is 26.3 Å². The van der Waals surface area contributed by atoms with Crippen LogP contribution < -0.4 is 10.0 Å². The Morgan fingerprint density at radius 1 is 1.15 bits per heavy atom. The minimum Gasteiger partial charge on any atom is -0.493 e. The first-order valence-electron chi connectivity index (χ1n) is 9.76. The minimum atomic E-state index is 0.0621. The van der Waals surface area contributed by atoms with E-state index in [0.29, 0.717) is 16.5 Å². The van der Waals surface area contributed by atoms with E-state index in [4.69, 9.17) is 16.3 Å². The van der Waals surface area contributed by atoms with Crippen molar-refractivity contribution in [2.45, 2.75) is 53.4 Å². The zero-order chi connectivity index (χ0) is 19.8. The van der Waals surface area contributed by atoms with E-state index < -0.39 is 0 Å². The molecule has 0 fully saturated rings. The molecule has 2 aromatic rings. The van der Waals surface area contributed by atoms with Gasteiger partial charge in [0.2, 0.25) is 0 Å². The summed E-state index contributed by atoms with van der Waals surface area (Å²) in [4.78, 5) is 12.7. The van der Waals surface area contributed by atoms with Crippen LogP contribution in [-0.4, -0.2) is 12.1 Å². The molecule has 0 heterocycles. The predicted octanol–water partition coefficient (Wildman–Crippen LogP) is 6.70. The van der Waals surface area contributed by atoms with Gasteiger partial charge < -0.3 is 4.74 Å². The van der Waals surface area contributed by atoms with Gasteiger partial charge in [-0.25, -0.2) is 0 Å². The molecule has 2 atom stereocenters. The monoisotopic (exact) mass is 404 g/mol. The van der Waals surface area contributed by atoms with Crippen LogP contribution in [0.1, 0.15) is 61.0 Å². The molecule has 4 heteroatoms. The van der Waals surface area contributed by atoms with Crippen molar-refractivity contribution in [2.75, 3.05) is 6.61 Å². The van der Waals surface area contributed by atoms with Crippen molar-refractivity contribution in [3.05, 3.63) is 58.1 Å². The molecule has 0 amide bonds. The lowest BCUT2D eigenvalue weighted by molar-refractivity contribution is 0.108. The van der Waals surface area contributed by atoms with E-state index in [1.165, 1.54) is 19.3 Å². The smallest absolute Gasteiger partial charge is 0.187 e. The van der Waals surface area contributed by atoms with Gasteiger partial charge in [-0.15, -0.1) is 0 Å². The molecule has 2 rings (SSSR count). The molecule has 2 unspecified atom stereocenters. The second kappa shape index (κ2) is 10.8. The number of carbonyl (C=O) groups is 1. The maximum Gasteiger partial charge on any atom is 0.187 e. The van der Waals surface area contributed by atoms with Crippen LogP contribution in [0.25, 0.3) is 0 Å². The summed E-state index contributed by atoms with van der Waals surface area (Å²) >= 11 is 6.24. The summed E-state index contributed by atoms with van der Waals surface area (Å²) < 4.78 is 6.02. The van der Waals surface area contributed by atoms with Gasteiger partial charge in [-0.1, -0.05) is 62.9 Å². The molecule has 0 bridgehead atoms. The van der Waals surface area contributed by atoms with E-state index in [0.717, 1.165) is 35.2 Å². The van der Waals surface area contributed by atoms with Crippen LogP contribution in [0.15, 0.2) is 36.4 Å². The van der Waals surface area contributed by atoms with Gasteiger partial charge in [-0.05, 0) is 69.4 Å². The third-order valence-corrected chi connectivity index (χ3v) is 6.55. The van der Waals surface area contributed by atoms with Crippen LogP contribution in [0, 0.1) is 19.8 Å². The SMILES string of the molecule is CCCCC(CC)COc1ccc(PC(=O)c2c(C)cccc2Cl)c(C)c1. The number of halogens is 1. The number of benzene rings is 2. The lowest BCUT2D eigenvalue weighted by atomic mass is 10.0. The molecule has 0 saturated carbocycles. The summed E-state index contributed by atoms with van der Waals surface area (Å²) in [6, 6.07) is 11.6. The molecule has 146 valence electrons. The third kappa shape index (κ3) is 6.33. The van der Waals surface area contributed by atoms with Gasteiger partial charge in [0, 0.05) is 5.56 Å². The maximum absolute atomic E-state index is 12.7. The van der Waals surface area contributed by atoms with Crippen molar-refractivity contribution in [3.63, 3.8) is 0 Å². The number of hydrogen-bond donors (Lipinski definition) is 0. The van der Waals surface area contributed by atoms with Crippen molar-refractivity contribution in [2.24, 2.45) is 5.92 Å². The van der Waals surface area contributed by atoms with Gasteiger partial charge in [0.05, 0.1) is 11.6 Å². The Morgan fingerprint density at radius 2 is 1.93 bits per heavy atom. The number of hydrogen-bond acceptors (Lipinski definition) is 2. The molecule has 27 heavy (non-hydrogen) atoms. The number of rotatable bonds is 10. The van der Waals surface area contributed by atoms with E-state index in [9.17, 15) is 4.79 Å². The molecule has 0 saturated heterocycles. The highest BCUT2D eigenvalue weighted by Crippen LogP contribution is 2.29. The molecular formula is C23H30ClO2P. The van der Waals surface area contributed by atoms with Gasteiger partial charge in [-0.2, -0.15) is 0 Å². The first kappa shape index (κ1) is 21.9. The highest BCUT2D eigenvalue weighted by atomic mass is 35.5. The minimum absolute atomic E-state index is 0.0621. The first-order valence-corrected chi connectivity index (χ1v) is 11.1. The van der Waals surface area contributed by atoms with Crippen molar-refractivity contribution in [1.82, 2.24) is 0 Å². The standard InChI is InChI=1S/C23H30ClO2P/c1-5-7-10-18(6-2)15-26-19-12-13-21(17(4)14-19)27-23(25)22-16(3)9-8-11-20(22)24/h8-9,11-14,18,27H,5-7,10,15H2,1-4H3. The van der Waals surface area contributed by atoms with E-state index in [1.54, 1.807) is 6.07 Å². The first-order chi connectivity index (χ1) is 13.0. The largest absolute Gasteiger partial charge is 0.493 e. The van der Waals surface area contributed by atoms with Gasteiger partial charge in [-0.3, -0.25) is 4.79 Å². The third-order valence-electron chi connectivity index (χ3n) is 4.92. The lowest BCUT2D eigenvalue weighted by Gasteiger charge is -2.16. The number of ether oxygens (including phenoxy) is 1. The molecule has 0 aliphatic carbocycles. The molecule has 0 spiro atoms. The molecule has 0 aromatic heterocycles. The van der Waals surface area contributed by atoms with Crippen molar-refractivity contribution in [3.8, 4) is 5.75 Å². The Bertz CT molecular complexity index is 753. The summed E-state index contributed by atoms with van der Waals surface area (Å²) in [5.41, 5.74) is 2.74. The summed E-state index contributed by atoms with van der Waals surface area (Å²) in [6.07, 6.45) is 4.84. The average Bonchev–Trinajstić information content (AvgIpc) is 2.64. The molecule has 0 aliphatic heterocycles. The Kier molecular flexibility index (Phi) is 8.80. The molecule has 0 radical (unpaired) electrons. The highest BCUT2D eigenvalue weighted by Gasteiger charge is 2.15. The van der Waals surface area contributed by atoms with Gasteiger partial charge in [0.1, 0.15) is 5.75 Å². The zero-order valence-corrected chi connectivity index (χ0v) is 18.5. The lowest BCUT2D eigenvalue weighted by Crippen LogP contribution is -2.12. The van der Waals surface area contributed by atoms with E-state index >= 15 is 0 Å². The Balaban J connectivity index is 2.03. The highest BCUT2D eigenvalue weighted by molar-refractivity contribution is 7.66. The quantitative estimate of drug-likeness (QED) is 0.412. The average molecular weight is 405 g/mol. The summed E-state index contributed by atoms with van der Waals surface area (Å²) in [6.45, 7) is 9.17. The number of aryl methyl sites for hydroxylation is 2. The van der Waals surface area contributed by atoms with Gasteiger partial charge >= 0.3 is 0 Å². The zero-order valence-electron chi connectivity index (χ0n) is 16.8. The van der Waals surface area contributed by atoms with Crippen LogP contribution in [0.3, 0.4) is 0 Å². The Labute approximate surface area is 170 Å². The normalized spacial score (nSPS) is 12.5. The summed E-state index contributed by atoms with van der Waals surface area (Å²) in [7, 11) is 0.0621. The van der Waals surface area contributed by atoms with Crippen LogP contribution >= 0.6 is 20.2 Å². The molecule has 2 aromatic carbocycles. The molecule has 2 nitrogen and oxygen atoms in total. The maximum atomic E-state index is 12.7.